The average Bonchev–Trinajstić information content (AvgIpc) is 0.918. The minimum absolute atomic E-state index is 0. The average molecular weight is 68.1 g/mol. The van der Waals surface area contributed by atoms with Gasteiger partial charge < -0.3 is 5.11 Å². The summed E-state index contributed by atoms with van der Waals surface area (Å²) in [7, 11) is 0. The van der Waals surface area contributed by atoms with E-state index in [1.165, 1.54) is 0 Å². The van der Waals surface area contributed by atoms with Crippen molar-refractivity contribution >= 4 is 0 Å². The van der Waals surface area contributed by atoms with Gasteiger partial charge in [0.25, 0.3) is 0 Å². The van der Waals surface area contributed by atoms with Crippen LogP contribution in [-0.4, -0.2) is 5.11 Å². The molecule has 2 heteroatoms. The van der Waals surface area contributed by atoms with Crippen molar-refractivity contribution in [2.75, 3.05) is 0 Å². The van der Waals surface area contributed by atoms with E-state index in [2.05, 4.69) is 0 Å². The van der Waals surface area contributed by atoms with Crippen LogP contribution in [0.15, 0.2) is 0 Å². The van der Waals surface area contributed by atoms with Crippen LogP contribution in [0.1, 0.15) is 6.92 Å². The van der Waals surface area contributed by atoms with Crippen molar-refractivity contribution in [3.05, 3.63) is 6.61 Å². The predicted octanol–water partition coefficient (Wildman–Crippen LogP) is -2.46. The van der Waals surface area contributed by atoms with E-state index in [4.69, 9.17) is 5.11 Å². The van der Waals surface area contributed by atoms with Crippen molar-refractivity contribution in [3.8, 4) is 0 Å². The van der Waals surface area contributed by atoms with E-state index in [0.29, 0.717) is 0 Å². The molecule has 0 aromatic rings. The van der Waals surface area contributed by atoms with Crippen molar-refractivity contribution < 1.29 is 34.7 Å². The molecule has 0 rings (SSSR count). The zero-order valence-corrected chi connectivity index (χ0v) is 5.02. The quantitative estimate of drug-likeness (QED) is 0.247. The fourth-order valence-corrected chi connectivity index (χ4v) is 0. The van der Waals surface area contributed by atoms with Crippen molar-refractivity contribution in [2.45, 2.75) is 6.92 Å². The molecule has 0 aromatic heterocycles. The molecule has 0 saturated carbocycles. The Morgan fingerprint density at radius 2 is 1.75 bits per heavy atom. The van der Waals surface area contributed by atoms with Crippen molar-refractivity contribution in [2.24, 2.45) is 0 Å². The van der Waals surface area contributed by atoms with Gasteiger partial charge in [-0.2, -0.15) is 6.92 Å². The molecular formula is C2H5NaO. The number of hydrogen-bond acceptors (Lipinski definition) is 1. The molecule has 0 bridgehead atoms. The van der Waals surface area contributed by atoms with E-state index in [-0.39, 0.29) is 29.6 Å². The Morgan fingerprint density at radius 1 is 1.75 bits per heavy atom. The largest absolute Gasteiger partial charge is 1.00 e. The Kier molecular flexibility index (Phi) is 20.0. The molecule has 0 heterocycles. The third-order valence-electron chi connectivity index (χ3n) is 0. The summed E-state index contributed by atoms with van der Waals surface area (Å²) in [6, 6.07) is 0. The van der Waals surface area contributed by atoms with Crippen LogP contribution in [0.25, 0.3) is 0 Å². The van der Waals surface area contributed by atoms with Gasteiger partial charge >= 0.3 is 29.6 Å². The summed E-state index contributed by atoms with van der Waals surface area (Å²) in [6.45, 7) is 2.56. The molecule has 0 aliphatic heterocycles. The number of aliphatic hydroxyl groups excluding tert-OH is 1. The van der Waals surface area contributed by atoms with Gasteiger partial charge in [-0.05, 0) is 0 Å². The zero-order chi connectivity index (χ0) is 2.71. The number of hydrogen-bond donors (Lipinski definition) is 1. The van der Waals surface area contributed by atoms with Gasteiger partial charge in [-0.3, -0.25) is 0 Å². The predicted molar refractivity (Wildman–Crippen MR) is 11.9 cm³/mol. The Labute approximate surface area is 48.3 Å². The first kappa shape index (κ1) is 8.88. The van der Waals surface area contributed by atoms with E-state index in [1.54, 1.807) is 6.92 Å². The summed E-state index contributed by atoms with van der Waals surface area (Å²) in [5.41, 5.74) is 0. The Morgan fingerprint density at radius 3 is 1.75 bits per heavy atom. The van der Waals surface area contributed by atoms with Crippen LogP contribution >= 0.6 is 0 Å². The maximum atomic E-state index is 7.44. The molecule has 0 radical (unpaired) electrons. The monoisotopic (exact) mass is 68.0 g/mol. The summed E-state index contributed by atoms with van der Waals surface area (Å²) in [6.07, 6.45) is 0. The second kappa shape index (κ2) is 9.03. The molecule has 0 amide bonds. The molecule has 4 heavy (non-hydrogen) atoms. The summed E-state index contributed by atoms with van der Waals surface area (Å²) < 4.78 is 0. The van der Waals surface area contributed by atoms with Crippen LogP contribution < -0.4 is 29.6 Å². The molecule has 0 fully saturated rings. The SMILES string of the molecule is C[CH-]O.[Na+]. The van der Waals surface area contributed by atoms with Crippen LogP contribution in [-0.2, 0) is 0 Å². The summed E-state index contributed by atoms with van der Waals surface area (Å²) in [5.74, 6) is 0. The molecule has 0 saturated heterocycles. The first-order valence-corrected chi connectivity index (χ1v) is 0.836. The molecule has 0 unspecified atom stereocenters. The van der Waals surface area contributed by atoms with E-state index >= 15 is 0 Å². The standard InChI is InChI=1S/C2H5O.Na/c1-2-3;/h2-3H,1H3;/q-1;+1. The van der Waals surface area contributed by atoms with E-state index < -0.39 is 0 Å². The van der Waals surface area contributed by atoms with Gasteiger partial charge in [0, 0.05) is 0 Å². The Hall–Kier alpha value is 0.960. The van der Waals surface area contributed by atoms with Crippen molar-refractivity contribution in [3.63, 3.8) is 0 Å². The van der Waals surface area contributed by atoms with Crippen LogP contribution in [0.5, 0.6) is 0 Å². The van der Waals surface area contributed by atoms with Crippen LogP contribution in [0, 0.1) is 6.61 Å². The fourth-order valence-electron chi connectivity index (χ4n) is 0. The third-order valence-corrected chi connectivity index (χ3v) is 0. The van der Waals surface area contributed by atoms with Gasteiger partial charge in [-0.1, -0.05) is 0 Å². The van der Waals surface area contributed by atoms with Gasteiger partial charge in [-0.25, -0.2) is 6.61 Å². The Balaban J connectivity index is 0. The third kappa shape index (κ3) is 12.3. The van der Waals surface area contributed by atoms with Gasteiger partial charge in [0.05, 0.1) is 0 Å². The van der Waals surface area contributed by atoms with Gasteiger partial charge in [0.2, 0.25) is 0 Å². The Bertz CT molecular complexity index is 6.00. The number of aliphatic hydroxyl groups is 1. The van der Waals surface area contributed by atoms with E-state index in [0.717, 1.165) is 6.61 Å². The first-order chi connectivity index (χ1) is 1.41. The summed E-state index contributed by atoms with van der Waals surface area (Å²) in [4.78, 5) is 0. The van der Waals surface area contributed by atoms with Crippen LogP contribution in [0.3, 0.4) is 0 Å². The summed E-state index contributed by atoms with van der Waals surface area (Å²) in [5, 5.41) is 7.44. The minimum Gasteiger partial charge on any atom is -0.566 e. The second-order valence-corrected chi connectivity index (χ2v) is 0.258. The minimum atomic E-state index is 0. The maximum Gasteiger partial charge on any atom is 1.00 e. The fraction of sp³-hybridized carbons (Fsp3) is 0.500. The normalized spacial score (nSPS) is 4.50. The second-order valence-electron chi connectivity index (χ2n) is 0.258. The number of rotatable bonds is 0. The molecule has 20 valence electrons. The molecule has 0 aliphatic carbocycles. The van der Waals surface area contributed by atoms with Gasteiger partial charge in [0.1, 0.15) is 0 Å². The van der Waals surface area contributed by atoms with Crippen LogP contribution in [0.4, 0.5) is 0 Å². The molecular weight excluding hydrogens is 63.0 g/mol. The maximum absolute atomic E-state index is 7.44. The zero-order valence-electron chi connectivity index (χ0n) is 3.02. The smallest absolute Gasteiger partial charge is 0.566 e. The van der Waals surface area contributed by atoms with E-state index in [9.17, 15) is 0 Å². The van der Waals surface area contributed by atoms with Gasteiger partial charge in [0.15, 0.2) is 0 Å². The molecule has 0 aromatic carbocycles. The van der Waals surface area contributed by atoms with E-state index in [1.807, 2.05) is 0 Å². The molecule has 1 N–H and O–H groups in total. The molecule has 1 nitrogen and oxygen atoms in total. The van der Waals surface area contributed by atoms with Crippen molar-refractivity contribution in [1.82, 2.24) is 0 Å². The van der Waals surface area contributed by atoms with Crippen LogP contribution in [0.2, 0.25) is 0 Å². The molecule has 0 aliphatic rings. The molecule has 0 atom stereocenters. The first-order valence-electron chi connectivity index (χ1n) is 0.836. The van der Waals surface area contributed by atoms with Gasteiger partial charge in [-0.15, -0.1) is 0 Å². The molecule has 0 spiro atoms. The van der Waals surface area contributed by atoms with Crippen molar-refractivity contribution in [1.29, 1.82) is 0 Å². The topological polar surface area (TPSA) is 20.2 Å². The summed E-state index contributed by atoms with van der Waals surface area (Å²) >= 11 is 0.